The van der Waals surface area contributed by atoms with Crippen LogP contribution >= 0.6 is 22.9 Å². The van der Waals surface area contributed by atoms with Gasteiger partial charge in [-0.3, -0.25) is 14.5 Å². The molecule has 4 rings (SSSR count). The van der Waals surface area contributed by atoms with Gasteiger partial charge in [0.25, 0.3) is 5.78 Å². The highest BCUT2D eigenvalue weighted by molar-refractivity contribution is 7.15. The van der Waals surface area contributed by atoms with Gasteiger partial charge in [-0.25, -0.2) is 0 Å². The zero-order valence-corrected chi connectivity index (χ0v) is 17.2. The lowest BCUT2D eigenvalue weighted by Crippen LogP contribution is -2.29. The predicted octanol–water partition coefficient (Wildman–Crippen LogP) is 4.43. The Morgan fingerprint density at radius 1 is 1.03 bits per heavy atom. The summed E-state index contributed by atoms with van der Waals surface area (Å²) in [5, 5.41) is 20.5. The monoisotopic (exact) mass is 425 g/mol. The molecule has 0 bridgehead atoms. The van der Waals surface area contributed by atoms with Crippen LogP contribution in [0.4, 0.5) is 5.13 Å². The van der Waals surface area contributed by atoms with Gasteiger partial charge in [-0.2, -0.15) is 0 Å². The van der Waals surface area contributed by atoms with Crippen molar-refractivity contribution in [3.05, 3.63) is 80.8 Å². The molecular formula is C21H16ClN3O3S. The predicted molar refractivity (Wildman–Crippen MR) is 112 cm³/mol. The van der Waals surface area contributed by atoms with Crippen molar-refractivity contribution < 1.29 is 14.7 Å². The summed E-state index contributed by atoms with van der Waals surface area (Å²) < 4.78 is 0. The minimum Gasteiger partial charge on any atom is -0.507 e. The third-order valence-corrected chi connectivity index (χ3v) is 5.77. The minimum atomic E-state index is -0.832. The summed E-state index contributed by atoms with van der Waals surface area (Å²) in [4.78, 5) is 27.1. The molecule has 0 unspecified atom stereocenters. The number of rotatable bonds is 3. The smallest absolute Gasteiger partial charge is 0.301 e. The van der Waals surface area contributed by atoms with Gasteiger partial charge in [-0.05, 0) is 31.5 Å². The van der Waals surface area contributed by atoms with Crippen LogP contribution < -0.4 is 4.90 Å². The Kier molecular flexibility index (Phi) is 4.94. The second kappa shape index (κ2) is 7.42. The molecule has 146 valence electrons. The Morgan fingerprint density at radius 3 is 2.28 bits per heavy atom. The highest BCUT2D eigenvalue weighted by atomic mass is 35.5. The van der Waals surface area contributed by atoms with E-state index in [1.165, 1.54) is 16.2 Å². The van der Waals surface area contributed by atoms with Gasteiger partial charge in [0.1, 0.15) is 10.8 Å². The number of aliphatic hydroxyl groups excluding tert-OH is 1. The normalized spacial score (nSPS) is 18.4. The number of anilines is 1. The van der Waals surface area contributed by atoms with Gasteiger partial charge in [0, 0.05) is 10.6 Å². The summed E-state index contributed by atoms with van der Waals surface area (Å²) in [7, 11) is 0. The number of Topliss-reactive ketones (excluding diaryl/α,β-unsaturated/α-hetero) is 1. The lowest BCUT2D eigenvalue weighted by molar-refractivity contribution is -0.132. The number of benzene rings is 2. The Labute approximate surface area is 176 Å². The van der Waals surface area contributed by atoms with E-state index in [2.05, 4.69) is 10.2 Å². The van der Waals surface area contributed by atoms with Crippen LogP contribution in [-0.4, -0.2) is 27.0 Å². The van der Waals surface area contributed by atoms with E-state index in [-0.39, 0.29) is 11.3 Å². The number of hydrogen-bond donors (Lipinski definition) is 1. The van der Waals surface area contributed by atoms with E-state index in [9.17, 15) is 14.7 Å². The van der Waals surface area contributed by atoms with Gasteiger partial charge in [0.05, 0.1) is 11.6 Å². The molecule has 29 heavy (non-hydrogen) atoms. The first-order chi connectivity index (χ1) is 13.9. The Hall–Kier alpha value is -3.03. The highest BCUT2D eigenvalue weighted by Crippen LogP contribution is 2.43. The average Bonchev–Trinajstić information content (AvgIpc) is 3.24. The number of nitrogens with zero attached hydrogens (tertiary/aromatic N) is 3. The number of ketones is 1. The molecule has 1 fully saturated rings. The van der Waals surface area contributed by atoms with E-state index in [1.54, 1.807) is 43.3 Å². The molecule has 2 aromatic carbocycles. The maximum atomic E-state index is 12.9. The van der Waals surface area contributed by atoms with E-state index in [1.807, 2.05) is 19.1 Å². The molecule has 1 aliphatic heterocycles. The topological polar surface area (TPSA) is 83.4 Å². The number of amides is 1. The number of carbonyl (C=O) groups excluding carboxylic acids is 2. The summed E-state index contributed by atoms with van der Waals surface area (Å²) >= 11 is 7.22. The summed E-state index contributed by atoms with van der Waals surface area (Å²) in [6.45, 7) is 3.69. The molecule has 1 amide bonds. The van der Waals surface area contributed by atoms with Crippen molar-refractivity contribution in [2.45, 2.75) is 19.9 Å². The molecule has 8 heteroatoms. The molecule has 1 atom stereocenters. The van der Waals surface area contributed by atoms with Gasteiger partial charge in [0.15, 0.2) is 0 Å². The van der Waals surface area contributed by atoms with Crippen molar-refractivity contribution in [3.63, 3.8) is 0 Å². The molecule has 1 N–H and O–H groups in total. The van der Waals surface area contributed by atoms with Crippen molar-refractivity contribution in [2.75, 3.05) is 4.90 Å². The first-order valence-corrected chi connectivity index (χ1v) is 10.00. The number of aliphatic hydroxyl groups is 1. The molecular weight excluding hydrogens is 410 g/mol. The molecule has 3 aromatic rings. The van der Waals surface area contributed by atoms with E-state index in [0.717, 1.165) is 5.56 Å². The van der Waals surface area contributed by atoms with Crippen molar-refractivity contribution in [1.82, 2.24) is 10.2 Å². The van der Waals surface area contributed by atoms with Crippen molar-refractivity contribution in [2.24, 2.45) is 0 Å². The molecule has 1 saturated heterocycles. The SMILES string of the molecule is Cc1ccc(C(O)=C2C(=O)C(=O)N(c3nnc(C)s3)[C@@H]2c2ccc(Cl)cc2)cc1. The fourth-order valence-corrected chi connectivity index (χ4v) is 4.08. The summed E-state index contributed by atoms with van der Waals surface area (Å²) in [6, 6.07) is 13.1. The first kappa shape index (κ1) is 19.3. The van der Waals surface area contributed by atoms with Crippen molar-refractivity contribution in [3.8, 4) is 0 Å². The van der Waals surface area contributed by atoms with Crippen LogP contribution in [0.15, 0.2) is 54.1 Å². The summed E-state index contributed by atoms with van der Waals surface area (Å²) in [5.74, 6) is -1.75. The zero-order chi connectivity index (χ0) is 20.7. The van der Waals surface area contributed by atoms with E-state index >= 15 is 0 Å². The number of hydrogen-bond acceptors (Lipinski definition) is 6. The zero-order valence-electron chi connectivity index (χ0n) is 15.6. The van der Waals surface area contributed by atoms with E-state index in [4.69, 9.17) is 11.6 Å². The first-order valence-electron chi connectivity index (χ1n) is 8.80. The third-order valence-electron chi connectivity index (χ3n) is 4.68. The fraction of sp³-hybridized carbons (Fsp3) is 0.143. The van der Waals surface area contributed by atoms with Gasteiger partial charge in [-0.15, -0.1) is 10.2 Å². The quantitative estimate of drug-likeness (QED) is 0.381. The van der Waals surface area contributed by atoms with Crippen LogP contribution in [-0.2, 0) is 9.59 Å². The fourth-order valence-electron chi connectivity index (χ4n) is 3.24. The van der Waals surface area contributed by atoms with Gasteiger partial charge >= 0.3 is 5.91 Å². The summed E-state index contributed by atoms with van der Waals surface area (Å²) in [5.41, 5.74) is 2.12. The number of aryl methyl sites for hydroxylation is 2. The molecule has 6 nitrogen and oxygen atoms in total. The molecule has 1 aromatic heterocycles. The van der Waals surface area contributed by atoms with Crippen LogP contribution in [0.5, 0.6) is 0 Å². The Morgan fingerprint density at radius 2 is 1.69 bits per heavy atom. The highest BCUT2D eigenvalue weighted by Gasteiger charge is 2.48. The van der Waals surface area contributed by atoms with E-state index in [0.29, 0.717) is 26.3 Å². The number of aromatic nitrogens is 2. The standard InChI is InChI=1S/C21H16ClN3O3S/c1-11-3-5-14(6-4-11)18(26)16-17(13-7-9-15(22)10-8-13)25(20(28)19(16)27)21-24-23-12(2)29-21/h3-10,17,26H,1-2H3/t17-/m1/s1. The van der Waals surface area contributed by atoms with Crippen LogP contribution in [0.2, 0.25) is 5.02 Å². The number of halogens is 1. The van der Waals surface area contributed by atoms with Crippen LogP contribution in [0.1, 0.15) is 27.7 Å². The number of carbonyl (C=O) groups is 2. The van der Waals surface area contributed by atoms with Gasteiger partial charge < -0.3 is 5.11 Å². The molecule has 0 aliphatic carbocycles. The molecule has 0 saturated carbocycles. The maximum absolute atomic E-state index is 12.9. The van der Waals surface area contributed by atoms with Crippen molar-refractivity contribution >= 4 is 45.5 Å². The van der Waals surface area contributed by atoms with Gasteiger partial charge in [0.2, 0.25) is 5.13 Å². The van der Waals surface area contributed by atoms with Crippen molar-refractivity contribution in [1.29, 1.82) is 0 Å². The van der Waals surface area contributed by atoms with Crippen LogP contribution in [0, 0.1) is 13.8 Å². The van der Waals surface area contributed by atoms with Gasteiger partial charge in [-0.1, -0.05) is 64.9 Å². The Balaban J connectivity index is 1.93. The second-order valence-corrected chi connectivity index (χ2v) is 8.29. The van der Waals surface area contributed by atoms with Crippen LogP contribution in [0.25, 0.3) is 5.76 Å². The lowest BCUT2D eigenvalue weighted by atomic mass is 9.95. The van der Waals surface area contributed by atoms with Crippen LogP contribution in [0.3, 0.4) is 0 Å². The average molecular weight is 426 g/mol. The third kappa shape index (κ3) is 3.43. The summed E-state index contributed by atoms with van der Waals surface area (Å²) in [6.07, 6.45) is 0. The largest absolute Gasteiger partial charge is 0.507 e. The minimum absolute atomic E-state index is 0.00836. The Bertz CT molecular complexity index is 1140. The maximum Gasteiger partial charge on any atom is 0.301 e. The molecule has 0 spiro atoms. The molecule has 1 aliphatic rings. The lowest BCUT2D eigenvalue weighted by Gasteiger charge is -2.22. The molecule has 0 radical (unpaired) electrons. The second-order valence-electron chi connectivity index (χ2n) is 6.69. The molecule has 2 heterocycles. The van der Waals surface area contributed by atoms with E-state index < -0.39 is 17.7 Å².